The standard InChI is InChI=1S/C22H24N4OS/c1-2-10-23-22(27)18-8-9-20-24-21(17-6-4-3-5-7-17)19(26(20)15-18)16-25-11-13-28-14-12-25/h2-9,15H,1,10-14,16H2,(H,23,27). The van der Waals surface area contributed by atoms with Gasteiger partial charge in [-0.2, -0.15) is 11.8 Å². The van der Waals surface area contributed by atoms with Crippen LogP contribution in [0.25, 0.3) is 16.9 Å². The van der Waals surface area contributed by atoms with Gasteiger partial charge in [0.2, 0.25) is 0 Å². The van der Waals surface area contributed by atoms with Crippen molar-refractivity contribution in [2.24, 2.45) is 0 Å². The predicted molar refractivity (Wildman–Crippen MR) is 116 cm³/mol. The average molecular weight is 393 g/mol. The molecule has 0 aliphatic carbocycles. The van der Waals surface area contributed by atoms with Gasteiger partial charge >= 0.3 is 0 Å². The molecular weight excluding hydrogens is 368 g/mol. The number of rotatable bonds is 6. The second-order valence-electron chi connectivity index (χ2n) is 6.81. The summed E-state index contributed by atoms with van der Waals surface area (Å²) < 4.78 is 2.08. The normalized spacial score (nSPS) is 14.9. The molecule has 1 N–H and O–H groups in total. The minimum Gasteiger partial charge on any atom is -0.349 e. The van der Waals surface area contributed by atoms with Gasteiger partial charge in [0.25, 0.3) is 5.91 Å². The molecule has 1 amide bonds. The molecule has 0 spiro atoms. The maximum Gasteiger partial charge on any atom is 0.253 e. The highest BCUT2D eigenvalue weighted by Gasteiger charge is 2.19. The van der Waals surface area contributed by atoms with Crippen LogP contribution in [0.15, 0.2) is 61.3 Å². The Morgan fingerprint density at radius 3 is 2.71 bits per heavy atom. The van der Waals surface area contributed by atoms with Gasteiger partial charge in [-0.1, -0.05) is 36.4 Å². The Hall–Kier alpha value is -2.57. The summed E-state index contributed by atoms with van der Waals surface area (Å²) in [5.41, 5.74) is 4.71. The lowest BCUT2D eigenvalue weighted by atomic mass is 10.1. The molecule has 28 heavy (non-hydrogen) atoms. The molecule has 1 fully saturated rings. The van der Waals surface area contributed by atoms with Crippen molar-refractivity contribution in [3.05, 3.63) is 72.6 Å². The molecule has 0 unspecified atom stereocenters. The maximum absolute atomic E-state index is 12.4. The fraction of sp³-hybridized carbons (Fsp3) is 0.273. The van der Waals surface area contributed by atoms with Crippen molar-refractivity contribution in [1.82, 2.24) is 19.6 Å². The zero-order valence-corrected chi connectivity index (χ0v) is 16.6. The summed E-state index contributed by atoms with van der Waals surface area (Å²) in [6.45, 7) is 7.08. The highest BCUT2D eigenvalue weighted by Crippen LogP contribution is 2.27. The first-order valence-corrected chi connectivity index (χ1v) is 10.7. The van der Waals surface area contributed by atoms with Gasteiger partial charge in [-0.05, 0) is 12.1 Å². The van der Waals surface area contributed by atoms with Gasteiger partial charge in [0.15, 0.2) is 0 Å². The van der Waals surface area contributed by atoms with Crippen molar-refractivity contribution in [3.63, 3.8) is 0 Å². The van der Waals surface area contributed by atoms with E-state index < -0.39 is 0 Å². The SMILES string of the molecule is C=CCNC(=O)c1ccc2nc(-c3ccccc3)c(CN3CCSCC3)n2c1. The number of imidazole rings is 1. The number of hydrogen-bond acceptors (Lipinski definition) is 4. The van der Waals surface area contributed by atoms with E-state index in [0.717, 1.165) is 53.7 Å². The van der Waals surface area contributed by atoms with E-state index in [-0.39, 0.29) is 5.91 Å². The Kier molecular flexibility index (Phi) is 5.78. The van der Waals surface area contributed by atoms with E-state index >= 15 is 0 Å². The lowest BCUT2D eigenvalue weighted by Gasteiger charge is -2.26. The van der Waals surface area contributed by atoms with Crippen molar-refractivity contribution in [2.75, 3.05) is 31.1 Å². The second kappa shape index (κ2) is 8.63. The predicted octanol–water partition coefficient (Wildman–Crippen LogP) is 3.47. The number of benzene rings is 1. The third kappa shape index (κ3) is 3.98. The Balaban J connectivity index is 1.77. The van der Waals surface area contributed by atoms with Gasteiger partial charge in [-0.25, -0.2) is 4.98 Å². The molecule has 0 radical (unpaired) electrons. The minimum absolute atomic E-state index is 0.0999. The highest BCUT2D eigenvalue weighted by atomic mass is 32.2. The van der Waals surface area contributed by atoms with E-state index in [9.17, 15) is 4.79 Å². The summed E-state index contributed by atoms with van der Waals surface area (Å²) in [6.07, 6.45) is 3.59. The van der Waals surface area contributed by atoms with Crippen LogP contribution in [0.5, 0.6) is 0 Å². The number of pyridine rings is 1. The van der Waals surface area contributed by atoms with Crippen LogP contribution in [-0.4, -0.2) is 51.3 Å². The van der Waals surface area contributed by atoms with E-state index in [1.807, 2.05) is 48.3 Å². The summed E-state index contributed by atoms with van der Waals surface area (Å²) in [4.78, 5) is 19.8. The smallest absolute Gasteiger partial charge is 0.253 e. The number of aromatic nitrogens is 2. The molecule has 1 saturated heterocycles. The number of fused-ring (bicyclic) bond motifs is 1. The number of carbonyl (C=O) groups is 1. The Morgan fingerprint density at radius 1 is 1.18 bits per heavy atom. The van der Waals surface area contributed by atoms with E-state index in [2.05, 4.69) is 33.3 Å². The molecule has 144 valence electrons. The zero-order valence-electron chi connectivity index (χ0n) is 15.8. The molecule has 1 aliphatic rings. The molecule has 5 nitrogen and oxygen atoms in total. The molecule has 1 aromatic carbocycles. The fourth-order valence-corrected chi connectivity index (χ4v) is 4.42. The van der Waals surface area contributed by atoms with Crippen LogP contribution in [0.3, 0.4) is 0 Å². The zero-order chi connectivity index (χ0) is 19.3. The van der Waals surface area contributed by atoms with Gasteiger partial charge < -0.3 is 9.72 Å². The molecule has 6 heteroatoms. The third-order valence-corrected chi connectivity index (χ3v) is 5.85. The van der Waals surface area contributed by atoms with Crippen LogP contribution >= 0.6 is 11.8 Å². The summed E-state index contributed by atoms with van der Waals surface area (Å²) >= 11 is 2.00. The largest absolute Gasteiger partial charge is 0.349 e. The van der Waals surface area contributed by atoms with E-state index in [0.29, 0.717) is 12.1 Å². The Morgan fingerprint density at radius 2 is 1.96 bits per heavy atom. The summed E-state index contributed by atoms with van der Waals surface area (Å²) in [5.74, 6) is 2.22. The fourth-order valence-electron chi connectivity index (χ4n) is 3.44. The molecule has 0 saturated carbocycles. The molecule has 3 heterocycles. The number of amides is 1. The monoisotopic (exact) mass is 392 g/mol. The lowest BCUT2D eigenvalue weighted by molar-refractivity contribution is 0.0957. The van der Waals surface area contributed by atoms with Crippen molar-refractivity contribution < 1.29 is 4.79 Å². The molecule has 4 rings (SSSR count). The third-order valence-electron chi connectivity index (χ3n) is 4.91. The van der Waals surface area contributed by atoms with Gasteiger partial charge in [0.1, 0.15) is 5.65 Å². The average Bonchev–Trinajstić information content (AvgIpc) is 3.11. The minimum atomic E-state index is -0.0999. The first-order chi connectivity index (χ1) is 13.8. The molecule has 0 bridgehead atoms. The van der Waals surface area contributed by atoms with Crippen molar-refractivity contribution in [3.8, 4) is 11.3 Å². The maximum atomic E-state index is 12.4. The number of nitrogens with one attached hydrogen (secondary N) is 1. The first-order valence-electron chi connectivity index (χ1n) is 9.52. The Bertz CT molecular complexity index is 977. The summed E-state index contributed by atoms with van der Waals surface area (Å²) in [7, 11) is 0. The van der Waals surface area contributed by atoms with Crippen LogP contribution in [-0.2, 0) is 6.54 Å². The number of nitrogens with zero attached hydrogens (tertiary/aromatic N) is 3. The number of hydrogen-bond donors (Lipinski definition) is 1. The molecule has 0 atom stereocenters. The highest BCUT2D eigenvalue weighted by molar-refractivity contribution is 7.99. The molecular formula is C22H24N4OS. The van der Waals surface area contributed by atoms with Gasteiger partial charge in [-0.3, -0.25) is 9.69 Å². The summed E-state index contributed by atoms with van der Waals surface area (Å²) in [5, 5.41) is 2.85. The van der Waals surface area contributed by atoms with Crippen molar-refractivity contribution >= 4 is 23.3 Å². The molecule has 1 aliphatic heterocycles. The van der Waals surface area contributed by atoms with Gasteiger partial charge in [0, 0.05) is 49.4 Å². The van der Waals surface area contributed by atoms with E-state index in [4.69, 9.17) is 4.98 Å². The summed E-state index contributed by atoms with van der Waals surface area (Å²) in [6, 6.07) is 14.0. The van der Waals surface area contributed by atoms with Crippen LogP contribution < -0.4 is 5.32 Å². The van der Waals surface area contributed by atoms with Gasteiger partial charge in [-0.15, -0.1) is 6.58 Å². The molecule has 3 aromatic rings. The van der Waals surface area contributed by atoms with Crippen molar-refractivity contribution in [1.29, 1.82) is 0 Å². The van der Waals surface area contributed by atoms with Crippen LogP contribution in [0.2, 0.25) is 0 Å². The topological polar surface area (TPSA) is 49.6 Å². The van der Waals surface area contributed by atoms with Crippen LogP contribution in [0, 0.1) is 0 Å². The Labute approximate surface area is 169 Å². The van der Waals surface area contributed by atoms with Crippen LogP contribution in [0.4, 0.5) is 0 Å². The number of carbonyl (C=O) groups excluding carboxylic acids is 1. The second-order valence-corrected chi connectivity index (χ2v) is 8.03. The quantitative estimate of drug-likeness (QED) is 0.653. The van der Waals surface area contributed by atoms with E-state index in [1.54, 1.807) is 6.08 Å². The van der Waals surface area contributed by atoms with Gasteiger partial charge in [0.05, 0.1) is 17.0 Å². The molecule has 2 aromatic heterocycles. The number of thioether (sulfide) groups is 1. The van der Waals surface area contributed by atoms with Crippen molar-refractivity contribution in [2.45, 2.75) is 6.54 Å². The lowest BCUT2D eigenvalue weighted by Crippen LogP contribution is -2.32. The van der Waals surface area contributed by atoms with E-state index in [1.165, 1.54) is 0 Å². The van der Waals surface area contributed by atoms with Crippen LogP contribution in [0.1, 0.15) is 16.1 Å². The first kappa shape index (κ1) is 18.8.